The smallest absolute Gasteiger partial charge is 0.251 e. The Bertz CT molecular complexity index is 391. The van der Waals surface area contributed by atoms with Crippen molar-refractivity contribution in [3.05, 3.63) is 23.8 Å². The molecule has 3 N–H and O–H groups in total. The number of anilines is 1. The number of hydrogen-bond donors (Lipinski definition) is 2. The minimum atomic E-state index is -0.148. The lowest BCUT2D eigenvalue weighted by atomic mass is 10.1. The van der Waals surface area contributed by atoms with Crippen molar-refractivity contribution in [2.24, 2.45) is 0 Å². The van der Waals surface area contributed by atoms with E-state index in [0.29, 0.717) is 17.0 Å². The fourth-order valence-corrected chi connectivity index (χ4v) is 1.62. The van der Waals surface area contributed by atoms with Crippen LogP contribution < -0.4 is 15.8 Å². The minimum absolute atomic E-state index is 0.133. The summed E-state index contributed by atoms with van der Waals surface area (Å²) in [6, 6.07) is 5.09. The van der Waals surface area contributed by atoms with E-state index in [2.05, 4.69) is 12.2 Å². The second-order valence-electron chi connectivity index (χ2n) is 4.05. The zero-order valence-corrected chi connectivity index (χ0v) is 10.6. The number of amides is 1. The van der Waals surface area contributed by atoms with Crippen LogP contribution in [-0.4, -0.2) is 19.1 Å². The molecule has 0 saturated carbocycles. The maximum Gasteiger partial charge on any atom is 0.251 e. The van der Waals surface area contributed by atoms with E-state index in [4.69, 9.17) is 10.5 Å². The molecule has 0 aliphatic heterocycles. The third-order valence-corrected chi connectivity index (χ3v) is 2.52. The fraction of sp³-hybridized carbons (Fsp3) is 0.462. The van der Waals surface area contributed by atoms with Gasteiger partial charge in [-0.25, -0.2) is 0 Å². The summed E-state index contributed by atoms with van der Waals surface area (Å²) in [6.07, 6.45) is 2.18. The Morgan fingerprint density at radius 1 is 1.53 bits per heavy atom. The largest absolute Gasteiger partial charge is 0.489 e. The van der Waals surface area contributed by atoms with Gasteiger partial charge in [0.1, 0.15) is 5.75 Å². The van der Waals surface area contributed by atoms with Crippen molar-refractivity contribution in [1.82, 2.24) is 5.32 Å². The maximum atomic E-state index is 11.4. The van der Waals surface area contributed by atoms with Gasteiger partial charge in [0, 0.05) is 12.6 Å². The molecule has 4 nitrogen and oxygen atoms in total. The zero-order chi connectivity index (χ0) is 12.8. The highest BCUT2D eigenvalue weighted by Crippen LogP contribution is 2.24. The summed E-state index contributed by atoms with van der Waals surface area (Å²) in [4.78, 5) is 11.4. The predicted octanol–water partition coefficient (Wildman–Crippen LogP) is 2.20. The highest BCUT2D eigenvalue weighted by atomic mass is 16.5. The van der Waals surface area contributed by atoms with Gasteiger partial charge >= 0.3 is 0 Å². The summed E-state index contributed by atoms with van der Waals surface area (Å²) in [5.74, 6) is 0.489. The van der Waals surface area contributed by atoms with Crippen molar-refractivity contribution in [1.29, 1.82) is 0 Å². The molecule has 0 fully saturated rings. The Morgan fingerprint density at radius 2 is 2.24 bits per heavy atom. The van der Waals surface area contributed by atoms with E-state index in [9.17, 15) is 4.79 Å². The Morgan fingerprint density at radius 3 is 2.76 bits per heavy atom. The van der Waals surface area contributed by atoms with Gasteiger partial charge in [0.2, 0.25) is 0 Å². The highest BCUT2D eigenvalue weighted by Gasteiger charge is 2.09. The van der Waals surface area contributed by atoms with Crippen molar-refractivity contribution in [3.63, 3.8) is 0 Å². The molecule has 17 heavy (non-hydrogen) atoms. The lowest BCUT2D eigenvalue weighted by Gasteiger charge is -2.15. The van der Waals surface area contributed by atoms with Gasteiger partial charge in [-0.3, -0.25) is 4.79 Å². The fourth-order valence-electron chi connectivity index (χ4n) is 1.62. The second-order valence-corrected chi connectivity index (χ2v) is 4.05. The van der Waals surface area contributed by atoms with E-state index in [-0.39, 0.29) is 12.0 Å². The first-order valence-corrected chi connectivity index (χ1v) is 5.86. The van der Waals surface area contributed by atoms with E-state index < -0.39 is 0 Å². The Labute approximate surface area is 102 Å². The van der Waals surface area contributed by atoms with Crippen molar-refractivity contribution in [2.45, 2.75) is 32.8 Å². The summed E-state index contributed by atoms with van der Waals surface area (Å²) in [5, 5.41) is 2.55. The zero-order valence-electron chi connectivity index (χ0n) is 10.6. The van der Waals surface area contributed by atoms with Crippen LogP contribution in [0.15, 0.2) is 18.2 Å². The van der Waals surface area contributed by atoms with Crippen LogP contribution in [0.1, 0.15) is 37.0 Å². The molecule has 1 rings (SSSR count). The number of carbonyl (C=O) groups is 1. The number of carbonyl (C=O) groups excluding carboxylic acids is 1. The lowest BCUT2D eigenvalue weighted by molar-refractivity contribution is 0.0963. The number of nitrogens with one attached hydrogen (secondary N) is 1. The molecule has 0 saturated heterocycles. The molecule has 0 bridgehead atoms. The van der Waals surface area contributed by atoms with Crippen molar-refractivity contribution < 1.29 is 9.53 Å². The first kappa shape index (κ1) is 13.4. The molecule has 0 aromatic heterocycles. The lowest BCUT2D eigenvalue weighted by Crippen LogP contribution is -2.18. The number of benzene rings is 1. The summed E-state index contributed by atoms with van der Waals surface area (Å²) in [7, 11) is 1.59. The average Bonchev–Trinajstić information content (AvgIpc) is 2.31. The predicted molar refractivity (Wildman–Crippen MR) is 69.2 cm³/mol. The average molecular weight is 236 g/mol. The van der Waals surface area contributed by atoms with E-state index in [1.165, 1.54) is 0 Å². The van der Waals surface area contributed by atoms with Crippen LogP contribution in [0, 0.1) is 0 Å². The van der Waals surface area contributed by atoms with Crippen LogP contribution >= 0.6 is 0 Å². The van der Waals surface area contributed by atoms with Gasteiger partial charge in [-0.15, -0.1) is 0 Å². The van der Waals surface area contributed by atoms with Gasteiger partial charge in [0.15, 0.2) is 0 Å². The Balaban J connectivity index is 2.79. The van der Waals surface area contributed by atoms with Crippen molar-refractivity contribution >= 4 is 11.6 Å². The number of rotatable bonds is 5. The van der Waals surface area contributed by atoms with Crippen LogP contribution in [0.5, 0.6) is 5.75 Å². The molecule has 1 unspecified atom stereocenters. The summed E-state index contributed by atoms with van der Waals surface area (Å²) >= 11 is 0. The number of hydrogen-bond acceptors (Lipinski definition) is 3. The third-order valence-electron chi connectivity index (χ3n) is 2.52. The Hall–Kier alpha value is -1.71. The molecule has 4 heteroatoms. The van der Waals surface area contributed by atoms with Gasteiger partial charge < -0.3 is 15.8 Å². The first-order valence-electron chi connectivity index (χ1n) is 5.86. The molecule has 1 atom stereocenters. The first-order chi connectivity index (χ1) is 8.08. The van der Waals surface area contributed by atoms with Crippen LogP contribution in [0.3, 0.4) is 0 Å². The molecule has 0 spiro atoms. The standard InChI is InChI=1S/C13H20N2O2/c1-4-5-9(2)17-12-7-6-10(8-11(12)14)13(16)15-3/h6-9H,4-5,14H2,1-3H3,(H,15,16). The van der Waals surface area contributed by atoms with Gasteiger partial charge in [-0.1, -0.05) is 13.3 Å². The minimum Gasteiger partial charge on any atom is -0.489 e. The maximum absolute atomic E-state index is 11.4. The molecular formula is C13H20N2O2. The van der Waals surface area contributed by atoms with E-state index in [1.54, 1.807) is 25.2 Å². The van der Waals surface area contributed by atoms with E-state index in [0.717, 1.165) is 12.8 Å². The summed E-state index contributed by atoms with van der Waals surface area (Å²) < 4.78 is 5.70. The number of ether oxygens (including phenoxy) is 1. The molecule has 0 aliphatic carbocycles. The molecule has 1 aromatic carbocycles. The summed E-state index contributed by atoms with van der Waals surface area (Å²) in [6.45, 7) is 4.12. The van der Waals surface area contributed by atoms with Crippen LogP contribution in [-0.2, 0) is 0 Å². The molecule has 0 heterocycles. The van der Waals surface area contributed by atoms with Gasteiger partial charge in [0.25, 0.3) is 5.91 Å². The van der Waals surface area contributed by atoms with E-state index in [1.807, 2.05) is 6.92 Å². The molecule has 0 radical (unpaired) electrons. The van der Waals surface area contributed by atoms with Gasteiger partial charge in [-0.05, 0) is 31.5 Å². The second kappa shape index (κ2) is 6.13. The highest BCUT2D eigenvalue weighted by molar-refractivity contribution is 5.95. The molecule has 0 aliphatic rings. The van der Waals surface area contributed by atoms with Gasteiger partial charge in [-0.2, -0.15) is 0 Å². The molecule has 94 valence electrons. The SMILES string of the molecule is CCCC(C)Oc1ccc(C(=O)NC)cc1N. The van der Waals surface area contributed by atoms with Crippen LogP contribution in [0.4, 0.5) is 5.69 Å². The number of nitrogens with two attached hydrogens (primary N) is 1. The number of nitrogen functional groups attached to an aromatic ring is 1. The van der Waals surface area contributed by atoms with Crippen LogP contribution in [0.25, 0.3) is 0 Å². The van der Waals surface area contributed by atoms with Crippen molar-refractivity contribution in [3.8, 4) is 5.75 Å². The normalized spacial score (nSPS) is 11.9. The quantitative estimate of drug-likeness (QED) is 0.770. The summed E-state index contributed by atoms with van der Waals surface area (Å²) in [5.41, 5.74) is 6.89. The van der Waals surface area contributed by atoms with Crippen molar-refractivity contribution in [2.75, 3.05) is 12.8 Å². The van der Waals surface area contributed by atoms with Gasteiger partial charge in [0.05, 0.1) is 11.8 Å². The van der Waals surface area contributed by atoms with Crippen LogP contribution in [0.2, 0.25) is 0 Å². The molecular weight excluding hydrogens is 216 g/mol. The molecule has 1 amide bonds. The third kappa shape index (κ3) is 3.66. The molecule has 1 aromatic rings. The Kier molecular flexibility index (Phi) is 4.82. The van der Waals surface area contributed by atoms with E-state index >= 15 is 0 Å². The topological polar surface area (TPSA) is 64.3 Å². The monoisotopic (exact) mass is 236 g/mol.